The number of aromatic nitrogens is 2. The maximum Gasteiger partial charge on any atom is 0.220 e. The van der Waals surface area contributed by atoms with Gasteiger partial charge < -0.3 is 19.4 Å². The first-order valence-electron chi connectivity index (χ1n) is 8.23. The molecule has 1 unspecified atom stereocenters. The summed E-state index contributed by atoms with van der Waals surface area (Å²) in [6.07, 6.45) is 6.42. The molecule has 1 aromatic heterocycles. The van der Waals surface area contributed by atoms with Crippen molar-refractivity contribution in [3.63, 3.8) is 0 Å². The number of ether oxygens (including phenoxy) is 2. The third-order valence-electron chi connectivity index (χ3n) is 3.77. The molecule has 1 amide bonds. The molecule has 2 heterocycles. The minimum atomic E-state index is -1.24. The highest BCUT2D eigenvalue weighted by Gasteiger charge is 2.15. The van der Waals surface area contributed by atoms with Crippen LogP contribution in [0.1, 0.15) is 12.8 Å². The smallest absolute Gasteiger partial charge is 0.220 e. The van der Waals surface area contributed by atoms with Gasteiger partial charge in [0.25, 0.3) is 0 Å². The van der Waals surface area contributed by atoms with Gasteiger partial charge in [0.15, 0.2) is 11.5 Å². The van der Waals surface area contributed by atoms with Gasteiger partial charge in [0.05, 0.1) is 17.1 Å². The molecule has 1 aliphatic rings. The van der Waals surface area contributed by atoms with Crippen LogP contribution >= 0.6 is 0 Å². The largest absolute Gasteiger partial charge is 0.486 e. The average Bonchev–Trinajstić information content (AvgIpc) is 3.16. The van der Waals surface area contributed by atoms with E-state index in [0.29, 0.717) is 36.2 Å². The van der Waals surface area contributed by atoms with E-state index in [2.05, 4.69) is 10.3 Å². The average molecular weight is 363 g/mol. The molecular formula is C17H21N3O4S. The second-order valence-electron chi connectivity index (χ2n) is 5.61. The molecule has 0 saturated carbocycles. The number of hydrogen-bond donors (Lipinski definition) is 1. The molecule has 2 aromatic rings. The quantitative estimate of drug-likeness (QED) is 0.716. The first-order chi connectivity index (χ1) is 12.2. The van der Waals surface area contributed by atoms with Crippen molar-refractivity contribution in [3.8, 4) is 11.5 Å². The second-order valence-corrected chi connectivity index (χ2v) is 7.18. The van der Waals surface area contributed by atoms with Crippen LogP contribution in [0.15, 0.2) is 41.8 Å². The zero-order valence-corrected chi connectivity index (χ0v) is 14.7. The number of imidazole rings is 1. The van der Waals surface area contributed by atoms with Gasteiger partial charge in [-0.1, -0.05) is 0 Å². The van der Waals surface area contributed by atoms with Gasteiger partial charge in [-0.15, -0.1) is 0 Å². The molecule has 1 aromatic carbocycles. The Morgan fingerprint density at radius 3 is 2.92 bits per heavy atom. The Morgan fingerprint density at radius 2 is 2.12 bits per heavy atom. The highest BCUT2D eigenvalue weighted by molar-refractivity contribution is 7.85. The summed E-state index contributed by atoms with van der Waals surface area (Å²) in [6.45, 7) is 2.41. The molecule has 0 fully saturated rings. The lowest BCUT2D eigenvalue weighted by molar-refractivity contribution is -0.120. The van der Waals surface area contributed by atoms with E-state index >= 15 is 0 Å². The van der Waals surface area contributed by atoms with Crippen LogP contribution in [-0.4, -0.2) is 45.2 Å². The summed E-state index contributed by atoms with van der Waals surface area (Å²) < 4.78 is 25.2. The molecule has 0 radical (unpaired) electrons. The summed E-state index contributed by atoms with van der Waals surface area (Å²) in [7, 11) is -1.24. The number of amides is 1. The van der Waals surface area contributed by atoms with Gasteiger partial charge in [0.2, 0.25) is 5.91 Å². The maximum absolute atomic E-state index is 12.3. The number of fused-ring (bicyclic) bond motifs is 1. The summed E-state index contributed by atoms with van der Waals surface area (Å²) in [5, 5.41) is 2.85. The number of hydrogen-bond acceptors (Lipinski definition) is 5. The van der Waals surface area contributed by atoms with E-state index in [9.17, 15) is 9.00 Å². The lowest BCUT2D eigenvalue weighted by Crippen LogP contribution is -2.26. The first-order valence-corrected chi connectivity index (χ1v) is 9.55. The van der Waals surface area contributed by atoms with Crippen LogP contribution in [-0.2, 0) is 22.1 Å². The van der Waals surface area contributed by atoms with Crippen LogP contribution in [0.25, 0.3) is 0 Å². The minimum absolute atomic E-state index is 0.0866. The molecule has 1 N–H and O–H groups in total. The summed E-state index contributed by atoms with van der Waals surface area (Å²) in [6, 6.07) is 5.25. The SMILES string of the molecule is O=C(CCS(=O)c1ccc2c(c1)OCCO2)NCCCn1ccnc1. The van der Waals surface area contributed by atoms with Crippen LogP contribution in [0.4, 0.5) is 0 Å². The van der Waals surface area contributed by atoms with Crippen LogP contribution < -0.4 is 14.8 Å². The molecular weight excluding hydrogens is 342 g/mol. The van der Waals surface area contributed by atoms with Crippen LogP contribution in [0.3, 0.4) is 0 Å². The molecule has 0 saturated heterocycles. The predicted octanol–water partition coefficient (Wildman–Crippen LogP) is 1.36. The molecule has 8 heteroatoms. The predicted molar refractivity (Wildman–Crippen MR) is 93.2 cm³/mol. The Kier molecular flexibility index (Phi) is 6.05. The number of carbonyl (C=O) groups is 1. The Balaban J connectivity index is 1.38. The number of rotatable bonds is 8. The molecule has 134 valence electrons. The third kappa shape index (κ3) is 5.06. The number of benzene rings is 1. The van der Waals surface area contributed by atoms with Gasteiger partial charge >= 0.3 is 0 Å². The second kappa shape index (κ2) is 8.66. The van der Waals surface area contributed by atoms with E-state index in [1.165, 1.54) is 0 Å². The number of carbonyl (C=O) groups excluding carboxylic acids is 1. The Morgan fingerprint density at radius 1 is 1.28 bits per heavy atom. The van der Waals surface area contributed by atoms with Gasteiger partial charge in [-0.2, -0.15) is 0 Å². The van der Waals surface area contributed by atoms with Crippen LogP contribution in [0.2, 0.25) is 0 Å². The fraction of sp³-hybridized carbons (Fsp3) is 0.412. The molecule has 7 nitrogen and oxygen atoms in total. The summed E-state index contributed by atoms with van der Waals surface area (Å²) in [4.78, 5) is 16.5. The van der Waals surface area contributed by atoms with E-state index in [-0.39, 0.29) is 18.1 Å². The first kappa shape index (κ1) is 17.5. The number of nitrogens with one attached hydrogen (secondary N) is 1. The standard InChI is InChI=1S/C17H21N3O4S/c21-17(19-5-1-7-20-8-6-18-13-20)4-11-25(22)14-2-3-15-16(12-14)24-10-9-23-15/h2-3,6,8,12-13H,1,4-5,7,9-11H2,(H,19,21). The molecule has 1 aliphatic heterocycles. The monoisotopic (exact) mass is 363 g/mol. The van der Waals surface area contributed by atoms with Gasteiger partial charge in [-0.05, 0) is 18.6 Å². The van der Waals surface area contributed by atoms with E-state index in [1.54, 1.807) is 30.7 Å². The van der Waals surface area contributed by atoms with Crippen molar-refractivity contribution in [2.24, 2.45) is 0 Å². The molecule has 0 bridgehead atoms. The lowest BCUT2D eigenvalue weighted by atomic mass is 10.3. The van der Waals surface area contributed by atoms with Crippen molar-refractivity contribution in [2.75, 3.05) is 25.5 Å². The van der Waals surface area contributed by atoms with Crippen molar-refractivity contribution in [1.82, 2.24) is 14.9 Å². The normalized spacial score (nSPS) is 14.1. The van der Waals surface area contributed by atoms with Gasteiger partial charge in [-0.3, -0.25) is 9.00 Å². The van der Waals surface area contributed by atoms with E-state index < -0.39 is 10.8 Å². The molecule has 1 atom stereocenters. The zero-order chi connectivity index (χ0) is 17.5. The van der Waals surface area contributed by atoms with Crippen LogP contribution in [0.5, 0.6) is 11.5 Å². The van der Waals surface area contributed by atoms with Crippen molar-refractivity contribution >= 4 is 16.7 Å². The zero-order valence-electron chi connectivity index (χ0n) is 13.8. The van der Waals surface area contributed by atoms with E-state index in [4.69, 9.17) is 9.47 Å². The third-order valence-corrected chi connectivity index (χ3v) is 5.12. The molecule has 0 spiro atoms. The molecule has 3 rings (SSSR count). The molecule has 0 aliphatic carbocycles. The fourth-order valence-corrected chi connectivity index (χ4v) is 3.53. The summed E-state index contributed by atoms with van der Waals surface area (Å²) >= 11 is 0. The van der Waals surface area contributed by atoms with Gasteiger partial charge in [0, 0.05) is 48.6 Å². The lowest BCUT2D eigenvalue weighted by Gasteiger charge is -2.18. The Labute approximate surface area is 148 Å². The molecule has 25 heavy (non-hydrogen) atoms. The van der Waals surface area contributed by atoms with Gasteiger partial charge in [0.1, 0.15) is 13.2 Å². The van der Waals surface area contributed by atoms with Crippen molar-refractivity contribution < 1.29 is 18.5 Å². The van der Waals surface area contributed by atoms with Gasteiger partial charge in [-0.25, -0.2) is 4.98 Å². The van der Waals surface area contributed by atoms with Crippen molar-refractivity contribution in [1.29, 1.82) is 0 Å². The Hall–Kier alpha value is -2.35. The summed E-state index contributed by atoms with van der Waals surface area (Å²) in [5.74, 6) is 1.48. The summed E-state index contributed by atoms with van der Waals surface area (Å²) in [5.41, 5.74) is 0. The fourth-order valence-electron chi connectivity index (χ4n) is 2.47. The highest BCUT2D eigenvalue weighted by Crippen LogP contribution is 2.31. The number of nitrogens with zero attached hydrogens (tertiary/aromatic N) is 2. The minimum Gasteiger partial charge on any atom is -0.486 e. The highest BCUT2D eigenvalue weighted by atomic mass is 32.2. The topological polar surface area (TPSA) is 82.5 Å². The Bertz CT molecular complexity index is 733. The van der Waals surface area contributed by atoms with Crippen LogP contribution in [0, 0.1) is 0 Å². The van der Waals surface area contributed by atoms with E-state index in [1.807, 2.05) is 10.8 Å². The van der Waals surface area contributed by atoms with E-state index in [0.717, 1.165) is 13.0 Å². The van der Waals surface area contributed by atoms with Crippen molar-refractivity contribution in [3.05, 3.63) is 36.9 Å². The number of aryl methyl sites for hydroxylation is 1. The van der Waals surface area contributed by atoms with Crippen molar-refractivity contribution in [2.45, 2.75) is 24.3 Å². The maximum atomic E-state index is 12.3.